The third kappa shape index (κ3) is 4.13. The van der Waals surface area contributed by atoms with Gasteiger partial charge in [-0.2, -0.15) is 0 Å². The minimum atomic E-state index is -0.387. The van der Waals surface area contributed by atoms with Gasteiger partial charge in [0.15, 0.2) is 0 Å². The number of aliphatic hydroxyl groups is 1. The van der Waals surface area contributed by atoms with Gasteiger partial charge in [0.25, 0.3) is 0 Å². The molecule has 0 aromatic rings. The fourth-order valence-corrected chi connectivity index (χ4v) is 1.93. The van der Waals surface area contributed by atoms with Crippen molar-refractivity contribution in [3.63, 3.8) is 0 Å². The van der Waals surface area contributed by atoms with Crippen molar-refractivity contribution >= 4 is 0 Å². The lowest BCUT2D eigenvalue weighted by atomic mass is 10.1. The lowest BCUT2D eigenvalue weighted by Gasteiger charge is -2.37. The van der Waals surface area contributed by atoms with Crippen LogP contribution in [-0.4, -0.2) is 48.0 Å². The van der Waals surface area contributed by atoms with E-state index in [9.17, 15) is 5.11 Å². The van der Waals surface area contributed by atoms with Crippen molar-refractivity contribution in [2.75, 3.05) is 19.7 Å². The summed E-state index contributed by atoms with van der Waals surface area (Å²) in [7, 11) is 0. The summed E-state index contributed by atoms with van der Waals surface area (Å²) in [6, 6.07) is 0.522. The molecule has 0 saturated carbocycles. The maximum Gasteiger partial charge on any atom is 0.0961 e. The summed E-state index contributed by atoms with van der Waals surface area (Å²) in [5, 5.41) is 9.98. The van der Waals surface area contributed by atoms with Crippen LogP contribution >= 0.6 is 0 Å². The van der Waals surface area contributed by atoms with Gasteiger partial charge in [-0.05, 0) is 27.2 Å². The molecule has 0 aromatic carbocycles. The number of morpholine rings is 1. The molecule has 1 saturated heterocycles. The van der Waals surface area contributed by atoms with E-state index in [2.05, 4.69) is 30.6 Å². The van der Waals surface area contributed by atoms with Crippen LogP contribution in [0.3, 0.4) is 0 Å². The van der Waals surface area contributed by atoms with Gasteiger partial charge in [-0.25, -0.2) is 0 Å². The van der Waals surface area contributed by atoms with Crippen molar-refractivity contribution in [3.05, 3.63) is 0 Å². The van der Waals surface area contributed by atoms with E-state index in [0.717, 1.165) is 26.1 Å². The highest BCUT2D eigenvalue weighted by molar-refractivity contribution is 4.95. The van der Waals surface area contributed by atoms with Crippen LogP contribution in [0.4, 0.5) is 0 Å². The van der Waals surface area contributed by atoms with E-state index >= 15 is 0 Å². The second-order valence-corrected chi connectivity index (χ2v) is 4.53. The summed E-state index contributed by atoms with van der Waals surface area (Å²) in [4.78, 5) is 2.35. The number of hydrogen-bond acceptors (Lipinski definition) is 3. The van der Waals surface area contributed by atoms with Crippen molar-refractivity contribution in [1.29, 1.82) is 0 Å². The Bertz CT molecular complexity index is 254. The molecular formula is C13H23NO2. The Hall–Kier alpha value is -0.560. The zero-order chi connectivity index (χ0) is 12.0. The van der Waals surface area contributed by atoms with Crippen molar-refractivity contribution in [1.82, 2.24) is 4.90 Å². The van der Waals surface area contributed by atoms with Gasteiger partial charge in [0.2, 0.25) is 0 Å². The zero-order valence-corrected chi connectivity index (χ0v) is 10.6. The second kappa shape index (κ2) is 6.90. The fourth-order valence-electron chi connectivity index (χ4n) is 1.93. The number of ether oxygens (including phenoxy) is 1. The Morgan fingerprint density at radius 1 is 1.50 bits per heavy atom. The van der Waals surface area contributed by atoms with Crippen LogP contribution in [-0.2, 0) is 4.74 Å². The molecule has 0 spiro atoms. The molecule has 92 valence electrons. The summed E-state index contributed by atoms with van der Waals surface area (Å²) in [5.74, 6) is 5.81. The number of nitrogens with zero attached hydrogens (tertiary/aromatic N) is 1. The zero-order valence-electron chi connectivity index (χ0n) is 10.6. The van der Waals surface area contributed by atoms with Gasteiger partial charge in [-0.15, -0.1) is 11.8 Å². The summed E-state index contributed by atoms with van der Waals surface area (Å²) < 4.78 is 5.61. The summed E-state index contributed by atoms with van der Waals surface area (Å²) in [6.07, 6.45) is 1.02. The normalized spacial score (nSPS) is 23.9. The molecule has 1 rings (SSSR count). The monoisotopic (exact) mass is 225 g/mol. The molecule has 1 N–H and O–H groups in total. The first-order valence-corrected chi connectivity index (χ1v) is 6.08. The van der Waals surface area contributed by atoms with E-state index in [1.165, 1.54) is 0 Å². The topological polar surface area (TPSA) is 32.7 Å². The minimum absolute atomic E-state index is 0.0465. The molecule has 1 fully saturated rings. The van der Waals surface area contributed by atoms with Gasteiger partial charge in [-0.1, -0.05) is 0 Å². The Kier molecular flexibility index (Phi) is 5.83. The van der Waals surface area contributed by atoms with E-state index < -0.39 is 0 Å². The van der Waals surface area contributed by atoms with Gasteiger partial charge >= 0.3 is 0 Å². The highest BCUT2D eigenvalue weighted by Crippen LogP contribution is 2.14. The molecule has 0 aliphatic carbocycles. The largest absolute Gasteiger partial charge is 0.390 e. The molecule has 0 radical (unpaired) electrons. The van der Waals surface area contributed by atoms with Crippen LogP contribution in [0.5, 0.6) is 0 Å². The van der Waals surface area contributed by atoms with Crippen molar-refractivity contribution in [3.8, 4) is 11.8 Å². The summed E-state index contributed by atoms with van der Waals surface area (Å²) >= 11 is 0. The Balaban J connectivity index is 2.36. The standard InChI is InChI=1S/C13H23NO2/c1-4-5-6-7-12(15)13-10-14(11(2)3)8-9-16-13/h11-13,15H,6-10H2,1-3H3. The van der Waals surface area contributed by atoms with Crippen LogP contribution in [0, 0.1) is 11.8 Å². The lowest BCUT2D eigenvalue weighted by Crippen LogP contribution is -2.50. The Morgan fingerprint density at radius 2 is 2.25 bits per heavy atom. The predicted molar refractivity (Wildman–Crippen MR) is 65.1 cm³/mol. The van der Waals surface area contributed by atoms with Gasteiger partial charge in [0, 0.05) is 25.6 Å². The van der Waals surface area contributed by atoms with E-state index in [4.69, 9.17) is 4.74 Å². The Morgan fingerprint density at radius 3 is 2.88 bits per heavy atom. The molecule has 2 unspecified atom stereocenters. The van der Waals surface area contributed by atoms with Gasteiger partial charge in [-0.3, -0.25) is 4.90 Å². The first-order valence-electron chi connectivity index (χ1n) is 6.08. The highest BCUT2D eigenvalue weighted by Gasteiger charge is 2.27. The molecule has 0 bridgehead atoms. The maximum absolute atomic E-state index is 9.98. The highest BCUT2D eigenvalue weighted by atomic mass is 16.5. The first-order chi connectivity index (χ1) is 7.65. The smallest absolute Gasteiger partial charge is 0.0961 e. The summed E-state index contributed by atoms with van der Waals surface area (Å²) in [5.41, 5.74) is 0. The van der Waals surface area contributed by atoms with E-state index in [0.29, 0.717) is 12.5 Å². The van der Waals surface area contributed by atoms with Gasteiger partial charge < -0.3 is 9.84 Å². The van der Waals surface area contributed by atoms with E-state index in [1.807, 2.05) is 6.92 Å². The second-order valence-electron chi connectivity index (χ2n) is 4.53. The van der Waals surface area contributed by atoms with E-state index in [1.54, 1.807) is 0 Å². The molecule has 1 heterocycles. The SMILES string of the molecule is CC#CCCC(O)C1CN(C(C)C)CCO1. The molecule has 1 aliphatic rings. The van der Waals surface area contributed by atoms with Gasteiger partial charge in [0.1, 0.15) is 0 Å². The first kappa shape index (κ1) is 13.5. The average Bonchev–Trinajstić information content (AvgIpc) is 2.29. The third-order valence-corrected chi connectivity index (χ3v) is 3.03. The lowest BCUT2D eigenvalue weighted by molar-refractivity contribution is -0.0959. The van der Waals surface area contributed by atoms with Crippen molar-refractivity contribution in [2.45, 2.75) is 51.9 Å². The molecule has 0 amide bonds. The van der Waals surface area contributed by atoms with Crippen LogP contribution in [0.25, 0.3) is 0 Å². The Labute approximate surface area is 98.8 Å². The minimum Gasteiger partial charge on any atom is -0.390 e. The predicted octanol–water partition coefficient (Wildman–Crippen LogP) is 1.26. The molecule has 3 nitrogen and oxygen atoms in total. The van der Waals surface area contributed by atoms with E-state index in [-0.39, 0.29) is 12.2 Å². The number of aliphatic hydroxyl groups excluding tert-OH is 1. The summed E-state index contributed by atoms with van der Waals surface area (Å²) in [6.45, 7) is 8.70. The van der Waals surface area contributed by atoms with Crippen molar-refractivity contribution in [2.24, 2.45) is 0 Å². The van der Waals surface area contributed by atoms with Crippen LogP contribution in [0.15, 0.2) is 0 Å². The van der Waals surface area contributed by atoms with Crippen LogP contribution in [0.2, 0.25) is 0 Å². The quantitative estimate of drug-likeness (QED) is 0.731. The van der Waals surface area contributed by atoms with Gasteiger partial charge in [0.05, 0.1) is 18.8 Å². The molecule has 3 heteroatoms. The van der Waals surface area contributed by atoms with Crippen LogP contribution < -0.4 is 0 Å². The third-order valence-electron chi connectivity index (χ3n) is 3.03. The molecule has 16 heavy (non-hydrogen) atoms. The molecule has 0 aromatic heterocycles. The number of rotatable bonds is 4. The van der Waals surface area contributed by atoms with Crippen LogP contribution in [0.1, 0.15) is 33.6 Å². The molecule has 2 atom stereocenters. The maximum atomic E-state index is 9.98. The van der Waals surface area contributed by atoms with Crippen molar-refractivity contribution < 1.29 is 9.84 Å². The molecule has 1 aliphatic heterocycles. The average molecular weight is 225 g/mol. The number of hydrogen-bond donors (Lipinski definition) is 1. The molecular weight excluding hydrogens is 202 g/mol. The fraction of sp³-hybridized carbons (Fsp3) is 0.846.